The van der Waals surface area contributed by atoms with Crippen LogP contribution in [0, 0.1) is 10.1 Å². The van der Waals surface area contributed by atoms with Gasteiger partial charge in [0.2, 0.25) is 6.54 Å². The van der Waals surface area contributed by atoms with Gasteiger partial charge in [0.25, 0.3) is 0 Å². The molecule has 3 nitrogen and oxygen atoms in total. The molecular formula is C15H14ClNO2. The second-order valence-corrected chi connectivity index (χ2v) is 4.89. The Morgan fingerprint density at radius 3 is 2.26 bits per heavy atom. The second kappa shape index (κ2) is 6.34. The maximum absolute atomic E-state index is 10.8. The zero-order valence-electron chi connectivity index (χ0n) is 10.3. The van der Waals surface area contributed by atoms with Gasteiger partial charge in [-0.1, -0.05) is 54.1 Å². The minimum atomic E-state index is -0.256. The molecule has 19 heavy (non-hydrogen) atoms. The molecule has 0 saturated heterocycles. The van der Waals surface area contributed by atoms with E-state index >= 15 is 0 Å². The van der Waals surface area contributed by atoms with E-state index in [0.29, 0.717) is 11.4 Å². The van der Waals surface area contributed by atoms with E-state index in [1.54, 1.807) is 0 Å². The summed E-state index contributed by atoms with van der Waals surface area (Å²) in [4.78, 5) is 10.6. The number of rotatable bonds is 5. The normalized spacial score (nSPS) is 12.1. The van der Waals surface area contributed by atoms with Gasteiger partial charge >= 0.3 is 0 Å². The summed E-state index contributed by atoms with van der Waals surface area (Å²) < 4.78 is 0. The van der Waals surface area contributed by atoms with Crippen molar-refractivity contribution in [2.45, 2.75) is 12.3 Å². The molecule has 0 aromatic heterocycles. The van der Waals surface area contributed by atoms with Gasteiger partial charge in [-0.05, 0) is 29.7 Å². The van der Waals surface area contributed by atoms with Crippen LogP contribution in [0.15, 0.2) is 54.6 Å². The summed E-state index contributed by atoms with van der Waals surface area (Å²) in [5.74, 6) is -0.114. The van der Waals surface area contributed by atoms with E-state index in [-0.39, 0.29) is 17.4 Å². The van der Waals surface area contributed by atoms with Crippen molar-refractivity contribution in [3.05, 3.63) is 80.9 Å². The summed E-state index contributed by atoms with van der Waals surface area (Å²) in [6.45, 7) is -0.0629. The fourth-order valence-electron chi connectivity index (χ4n) is 2.10. The van der Waals surface area contributed by atoms with Crippen LogP contribution in [-0.2, 0) is 6.42 Å². The fourth-order valence-corrected chi connectivity index (χ4v) is 2.22. The van der Waals surface area contributed by atoms with Crippen molar-refractivity contribution < 1.29 is 4.92 Å². The van der Waals surface area contributed by atoms with E-state index in [4.69, 9.17) is 11.6 Å². The van der Waals surface area contributed by atoms with Crippen LogP contribution in [0.3, 0.4) is 0 Å². The van der Waals surface area contributed by atoms with Crippen molar-refractivity contribution in [1.82, 2.24) is 0 Å². The second-order valence-electron chi connectivity index (χ2n) is 4.45. The van der Waals surface area contributed by atoms with Crippen molar-refractivity contribution in [3.63, 3.8) is 0 Å². The number of hydrogen-bond acceptors (Lipinski definition) is 2. The first-order chi connectivity index (χ1) is 9.15. The number of benzene rings is 2. The van der Waals surface area contributed by atoms with Gasteiger partial charge in [-0.15, -0.1) is 0 Å². The lowest BCUT2D eigenvalue weighted by molar-refractivity contribution is -0.483. The molecule has 0 aliphatic heterocycles. The topological polar surface area (TPSA) is 43.1 Å². The first-order valence-corrected chi connectivity index (χ1v) is 6.44. The van der Waals surface area contributed by atoms with Crippen LogP contribution in [0.5, 0.6) is 0 Å². The van der Waals surface area contributed by atoms with Crippen LogP contribution in [0.25, 0.3) is 0 Å². The Morgan fingerprint density at radius 1 is 1.05 bits per heavy atom. The minimum Gasteiger partial charge on any atom is -0.265 e. The first-order valence-electron chi connectivity index (χ1n) is 6.06. The lowest BCUT2D eigenvalue weighted by atomic mass is 9.92. The van der Waals surface area contributed by atoms with E-state index < -0.39 is 0 Å². The van der Waals surface area contributed by atoms with Crippen molar-refractivity contribution >= 4 is 11.6 Å². The third-order valence-electron chi connectivity index (χ3n) is 3.04. The Hall–Kier alpha value is -1.87. The molecule has 2 aromatic rings. The molecule has 98 valence electrons. The van der Waals surface area contributed by atoms with Gasteiger partial charge in [-0.3, -0.25) is 10.1 Å². The smallest absolute Gasteiger partial charge is 0.210 e. The van der Waals surface area contributed by atoms with Gasteiger partial charge in [0.05, 0.1) is 5.92 Å². The highest BCUT2D eigenvalue weighted by Crippen LogP contribution is 2.22. The van der Waals surface area contributed by atoms with E-state index in [1.165, 1.54) is 0 Å². The summed E-state index contributed by atoms with van der Waals surface area (Å²) in [7, 11) is 0. The van der Waals surface area contributed by atoms with Crippen LogP contribution in [0.4, 0.5) is 0 Å². The van der Waals surface area contributed by atoms with Crippen molar-refractivity contribution in [2.24, 2.45) is 0 Å². The molecule has 1 atom stereocenters. The Bertz CT molecular complexity index is 540. The maximum Gasteiger partial charge on any atom is 0.210 e. The Labute approximate surface area is 117 Å². The highest BCUT2D eigenvalue weighted by Gasteiger charge is 2.18. The molecule has 0 heterocycles. The van der Waals surface area contributed by atoms with Crippen LogP contribution in [-0.4, -0.2) is 11.5 Å². The summed E-state index contributed by atoms with van der Waals surface area (Å²) >= 11 is 5.84. The van der Waals surface area contributed by atoms with Crippen LogP contribution in [0.2, 0.25) is 5.02 Å². The number of nitro groups is 1. The number of halogens is 1. The molecule has 0 saturated carbocycles. The lowest BCUT2D eigenvalue weighted by Gasteiger charge is -2.13. The SMILES string of the molecule is O=[N+]([O-])CC(Cc1ccc(Cl)cc1)c1ccccc1. The lowest BCUT2D eigenvalue weighted by Crippen LogP contribution is -2.15. The predicted molar refractivity (Wildman–Crippen MR) is 76.2 cm³/mol. The predicted octanol–water partition coefficient (Wildman–Crippen LogP) is 3.94. The molecule has 0 spiro atoms. The summed E-state index contributed by atoms with van der Waals surface area (Å²) in [5.41, 5.74) is 2.05. The van der Waals surface area contributed by atoms with E-state index in [0.717, 1.165) is 11.1 Å². The van der Waals surface area contributed by atoms with Gasteiger partial charge in [-0.2, -0.15) is 0 Å². The molecule has 0 aliphatic rings. The van der Waals surface area contributed by atoms with Crippen LogP contribution < -0.4 is 0 Å². The molecule has 0 fully saturated rings. The Morgan fingerprint density at radius 2 is 1.68 bits per heavy atom. The summed E-state index contributed by atoms with van der Waals surface area (Å²) in [6, 6.07) is 17.0. The summed E-state index contributed by atoms with van der Waals surface area (Å²) in [6.07, 6.45) is 0.641. The van der Waals surface area contributed by atoms with Gasteiger partial charge in [0, 0.05) is 9.95 Å². The zero-order chi connectivity index (χ0) is 13.7. The largest absolute Gasteiger partial charge is 0.265 e. The molecule has 2 rings (SSSR count). The Kier molecular flexibility index (Phi) is 4.53. The molecule has 2 aromatic carbocycles. The van der Waals surface area contributed by atoms with Crippen molar-refractivity contribution in [2.75, 3.05) is 6.54 Å². The van der Waals surface area contributed by atoms with Crippen LogP contribution >= 0.6 is 11.6 Å². The Balaban J connectivity index is 2.19. The molecule has 4 heteroatoms. The highest BCUT2D eigenvalue weighted by atomic mass is 35.5. The average molecular weight is 276 g/mol. The molecular weight excluding hydrogens is 262 g/mol. The maximum atomic E-state index is 10.8. The highest BCUT2D eigenvalue weighted by molar-refractivity contribution is 6.30. The quantitative estimate of drug-likeness (QED) is 0.613. The number of nitrogens with zero attached hydrogens (tertiary/aromatic N) is 1. The third kappa shape index (κ3) is 4.07. The van der Waals surface area contributed by atoms with E-state index in [2.05, 4.69) is 0 Å². The number of hydrogen-bond donors (Lipinski definition) is 0. The molecule has 0 aliphatic carbocycles. The molecule has 0 amide bonds. The van der Waals surface area contributed by atoms with Gasteiger partial charge in [-0.25, -0.2) is 0 Å². The van der Waals surface area contributed by atoms with E-state index in [9.17, 15) is 10.1 Å². The first kappa shape index (κ1) is 13.6. The molecule has 0 N–H and O–H groups in total. The third-order valence-corrected chi connectivity index (χ3v) is 3.29. The average Bonchev–Trinajstić information content (AvgIpc) is 2.41. The monoisotopic (exact) mass is 275 g/mol. The molecule has 0 radical (unpaired) electrons. The molecule has 1 unspecified atom stereocenters. The van der Waals surface area contributed by atoms with Crippen molar-refractivity contribution in [1.29, 1.82) is 0 Å². The fraction of sp³-hybridized carbons (Fsp3) is 0.200. The van der Waals surface area contributed by atoms with E-state index in [1.807, 2.05) is 54.6 Å². The van der Waals surface area contributed by atoms with Crippen molar-refractivity contribution in [3.8, 4) is 0 Å². The van der Waals surface area contributed by atoms with Crippen LogP contribution in [0.1, 0.15) is 17.0 Å². The zero-order valence-corrected chi connectivity index (χ0v) is 11.1. The van der Waals surface area contributed by atoms with Gasteiger partial charge < -0.3 is 0 Å². The standard InChI is InChI=1S/C15H14ClNO2/c16-15-8-6-12(7-9-15)10-14(11-17(18)19)13-4-2-1-3-5-13/h1-9,14H,10-11H2. The van der Waals surface area contributed by atoms with Gasteiger partial charge in [0.1, 0.15) is 0 Å². The molecule has 0 bridgehead atoms. The summed E-state index contributed by atoms with van der Waals surface area (Å²) in [5, 5.41) is 11.5. The van der Waals surface area contributed by atoms with Gasteiger partial charge in [0.15, 0.2) is 0 Å². The minimum absolute atomic E-state index is 0.0629.